The number of ether oxygens (including phenoxy) is 1. The molecule has 0 aromatic carbocycles. The second kappa shape index (κ2) is 6.49. The van der Waals surface area contributed by atoms with Crippen LogP contribution in [-0.4, -0.2) is 81.8 Å². The van der Waals surface area contributed by atoms with Crippen molar-refractivity contribution in [3.63, 3.8) is 0 Å². The Morgan fingerprint density at radius 2 is 2.13 bits per heavy atom. The average Bonchev–Trinajstić information content (AvgIpc) is 3.15. The molecule has 0 aliphatic carbocycles. The number of carbonyl (C=O) groups is 2. The van der Waals surface area contributed by atoms with E-state index in [4.69, 9.17) is 10.5 Å². The Balaban J connectivity index is 1.68. The molecule has 2 aliphatic heterocycles. The van der Waals surface area contributed by atoms with E-state index in [9.17, 15) is 14.0 Å². The van der Waals surface area contributed by atoms with Gasteiger partial charge in [0.15, 0.2) is 5.69 Å². The molecule has 0 unspecified atom stereocenters. The highest BCUT2D eigenvalue weighted by atomic mass is 19.1. The van der Waals surface area contributed by atoms with Gasteiger partial charge in [0.25, 0.3) is 5.91 Å². The van der Waals surface area contributed by atoms with Crippen molar-refractivity contribution in [2.45, 2.75) is 25.2 Å². The Morgan fingerprint density at radius 3 is 2.78 bits per heavy atom. The molecule has 9 nitrogen and oxygen atoms in total. The third-order valence-electron chi connectivity index (χ3n) is 4.08. The van der Waals surface area contributed by atoms with E-state index in [0.717, 1.165) is 0 Å². The van der Waals surface area contributed by atoms with Gasteiger partial charge in [-0.15, -0.1) is 5.10 Å². The Hall–Kier alpha value is -2.23. The fraction of sp³-hybridized carbons (Fsp3) is 0.692. The van der Waals surface area contributed by atoms with E-state index in [1.807, 2.05) is 0 Å². The molecule has 3 rings (SSSR count). The first kappa shape index (κ1) is 15.7. The van der Waals surface area contributed by atoms with Crippen LogP contribution in [0, 0.1) is 0 Å². The van der Waals surface area contributed by atoms with Gasteiger partial charge in [0.05, 0.1) is 38.5 Å². The monoisotopic (exact) mass is 326 g/mol. The molecule has 2 fully saturated rings. The number of primary amides is 1. The SMILES string of the molecule is NC(=O)c1cn(C[C@@H]2C[C@H](F)CN2C(=O)N2CCOCC2)nn1. The summed E-state index contributed by atoms with van der Waals surface area (Å²) in [5.74, 6) is -0.674. The van der Waals surface area contributed by atoms with Crippen molar-refractivity contribution >= 4 is 11.9 Å². The van der Waals surface area contributed by atoms with E-state index in [-0.39, 0.29) is 37.3 Å². The number of rotatable bonds is 3. The van der Waals surface area contributed by atoms with Crippen LogP contribution in [0.3, 0.4) is 0 Å². The minimum absolute atomic E-state index is 0.0471. The molecule has 2 aliphatic rings. The average molecular weight is 326 g/mol. The van der Waals surface area contributed by atoms with Crippen LogP contribution in [0.2, 0.25) is 0 Å². The number of hydrogen-bond acceptors (Lipinski definition) is 5. The first-order valence-electron chi connectivity index (χ1n) is 7.52. The van der Waals surface area contributed by atoms with Crippen LogP contribution in [0.25, 0.3) is 0 Å². The number of halogens is 1. The molecule has 2 saturated heterocycles. The number of carbonyl (C=O) groups excluding carboxylic acids is 2. The van der Waals surface area contributed by atoms with Crippen molar-refractivity contribution in [1.29, 1.82) is 0 Å². The van der Waals surface area contributed by atoms with Crippen LogP contribution in [0.4, 0.5) is 9.18 Å². The number of aromatic nitrogens is 3. The van der Waals surface area contributed by atoms with Crippen molar-refractivity contribution in [1.82, 2.24) is 24.8 Å². The van der Waals surface area contributed by atoms with E-state index >= 15 is 0 Å². The van der Waals surface area contributed by atoms with Gasteiger partial charge in [0.1, 0.15) is 6.17 Å². The van der Waals surface area contributed by atoms with Gasteiger partial charge in [-0.25, -0.2) is 13.9 Å². The molecule has 3 heterocycles. The van der Waals surface area contributed by atoms with Crippen LogP contribution in [0.5, 0.6) is 0 Å². The quantitative estimate of drug-likeness (QED) is 0.786. The van der Waals surface area contributed by atoms with Crippen molar-refractivity contribution in [3.05, 3.63) is 11.9 Å². The van der Waals surface area contributed by atoms with E-state index in [1.165, 1.54) is 15.8 Å². The number of morpholine rings is 1. The number of amides is 3. The highest BCUT2D eigenvalue weighted by Crippen LogP contribution is 2.23. The maximum atomic E-state index is 13.8. The molecule has 0 radical (unpaired) electrons. The normalized spacial score (nSPS) is 24.9. The zero-order valence-corrected chi connectivity index (χ0v) is 12.6. The number of likely N-dealkylation sites (tertiary alicyclic amines) is 1. The van der Waals surface area contributed by atoms with E-state index in [0.29, 0.717) is 26.3 Å². The summed E-state index contributed by atoms with van der Waals surface area (Å²) < 4.78 is 20.5. The molecular formula is C13H19FN6O3. The van der Waals surface area contributed by atoms with Crippen LogP contribution in [0.15, 0.2) is 6.20 Å². The Bertz CT molecular complexity index is 588. The van der Waals surface area contributed by atoms with Crippen molar-refractivity contribution < 1.29 is 18.7 Å². The summed E-state index contributed by atoms with van der Waals surface area (Å²) in [5.41, 5.74) is 5.18. The van der Waals surface area contributed by atoms with Gasteiger partial charge >= 0.3 is 6.03 Å². The van der Waals surface area contributed by atoms with Crippen molar-refractivity contribution in [3.8, 4) is 0 Å². The molecule has 0 saturated carbocycles. The van der Waals surface area contributed by atoms with Gasteiger partial charge in [-0.3, -0.25) is 4.79 Å². The molecule has 3 amide bonds. The Labute approximate surface area is 132 Å². The van der Waals surface area contributed by atoms with Crippen LogP contribution in [0.1, 0.15) is 16.9 Å². The third kappa shape index (κ3) is 3.41. The van der Waals surface area contributed by atoms with E-state index in [2.05, 4.69) is 10.3 Å². The lowest BCUT2D eigenvalue weighted by molar-refractivity contribution is 0.0411. The summed E-state index contributed by atoms with van der Waals surface area (Å²) >= 11 is 0. The highest BCUT2D eigenvalue weighted by molar-refractivity contribution is 5.90. The Morgan fingerprint density at radius 1 is 1.39 bits per heavy atom. The van der Waals surface area contributed by atoms with Gasteiger partial charge in [0.2, 0.25) is 0 Å². The molecule has 1 aromatic rings. The van der Waals surface area contributed by atoms with E-state index in [1.54, 1.807) is 4.90 Å². The molecule has 0 spiro atoms. The highest BCUT2D eigenvalue weighted by Gasteiger charge is 2.38. The molecule has 23 heavy (non-hydrogen) atoms. The summed E-state index contributed by atoms with van der Waals surface area (Å²) in [7, 11) is 0. The minimum Gasteiger partial charge on any atom is -0.378 e. The second-order valence-electron chi connectivity index (χ2n) is 5.71. The predicted molar refractivity (Wildman–Crippen MR) is 76.3 cm³/mol. The number of urea groups is 1. The second-order valence-corrected chi connectivity index (χ2v) is 5.71. The van der Waals surface area contributed by atoms with Gasteiger partial charge in [-0.05, 0) is 0 Å². The molecular weight excluding hydrogens is 307 g/mol. The molecule has 10 heteroatoms. The van der Waals surface area contributed by atoms with Gasteiger partial charge in [-0.2, -0.15) is 0 Å². The maximum Gasteiger partial charge on any atom is 0.320 e. The van der Waals surface area contributed by atoms with Crippen molar-refractivity contribution in [2.24, 2.45) is 5.73 Å². The Kier molecular flexibility index (Phi) is 4.42. The smallest absolute Gasteiger partial charge is 0.320 e. The first-order chi connectivity index (χ1) is 11.0. The van der Waals surface area contributed by atoms with Crippen LogP contribution >= 0.6 is 0 Å². The predicted octanol–water partition coefficient (Wildman–Crippen LogP) is -0.758. The zero-order chi connectivity index (χ0) is 16.4. The zero-order valence-electron chi connectivity index (χ0n) is 12.6. The topological polar surface area (TPSA) is 107 Å². The third-order valence-corrected chi connectivity index (χ3v) is 4.08. The summed E-state index contributed by atoms with van der Waals surface area (Å²) in [6, 6.07) is -0.517. The molecule has 1 aromatic heterocycles. The number of hydrogen-bond donors (Lipinski definition) is 1. The van der Waals surface area contributed by atoms with Gasteiger partial charge < -0.3 is 20.3 Å². The molecule has 126 valence electrons. The lowest BCUT2D eigenvalue weighted by Gasteiger charge is -2.33. The molecule has 0 bridgehead atoms. The largest absolute Gasteiger partial charge is 0.378 e. The lowest BCUT2D eigenvalue weighted by atomic mass is 10.2. The summed E-state index contributed by atoms with van der Waals surface area (Å²) in [6.45, 7) is 2.35. The summed E-state index contributed by atoms with van der Waals surface area (Å²) in [6.07, 6.45) is 0.580. The summed E-state index contributed by atoms with van der Waals surface area (Å²) in [4.78, 5) is 26.8. The van der Waals surface area contributed by atoms with Crippen molar-refractivity contribution in [2.75, 3.05) is 32.8 Å². The van der Waals surface area contributed by atoms with Gasteiger partial charge in [-0.1, -0.05) is 5.21 Å². The van der Waals surface area contributed by atoms with Gasteiger partial charge in [0, 0.05) is 19.5 Å². The first-order valence-corrected chi connectivity index (χ1v) is 7.52. The van der Waals surface area contributed by atoms with E-state index < -0.39 is 12.1 Å². The maximum absolute atomic E-state index is 13.8. The minimum atomic E-state index is -1.07. The summed E-state index contributed by atoms with van der Waals surface area (Å²) in [5, 5.41) is 7.45. The number of alkyl halides is 1. The molecule has 2 atom stereocenters. The lowest BCUT2D eigenvalue weighted by Crippen LogP contribution is -2.50. The number of nitrogens with zero attached hydrogens (tertiary/aromatic N) is 5. The molecule has 2 N–H and O–H groups in total. The van der Waals surface area contributed by atoms with Crippen LogP contribution < -0.4 is 5.73 Å². The fourth-order valence-electron chi connectivity index (χ4n) is 2.92. The standard InChI is InChI=1S/C13H19FN6O3/c14-9-5-10(7-19-8-11(12(15)21)16-17-19)20(6-9)13(22)18-1-3-23-4-2-18/h8-10H,1-7H2,(H2,15,21)/t9-,10-/m0/s1. The number of nitrogens with two attached hydrogens (primary N) is 1. The van der Waals surface area contributed by atoms with Crippen LogP contribution in [-0.2, 0) is 11.3 Å². The fourth-order valence-corrected chi connectivity index (χ4v) is 2.92.